The monoisotopic (exact) mass is 375 g/mol. The first-order valence-corrected chi connectivity index (χ1v) is 11.1. The fourth-order valence-corrected chi connectivity index (χ4v) is 3.73. The SMILES string of the molecule is CCCCCCCCCC(CCCCCCCC)N(C)CC1CO1.Cl. The van der Waals surface area contributed by atoms with Gasteiger partial charge in [0.1, 0.15) is 0 Å². The number of hydrogen-bond donors (Lipinski definition) is 0. The van der Waals surface area contributed by atoms with Crippen LogP contribution in [0, 0.1) is 0 Å². The van der Waals surface area contributed by atoms with Gasteiger partial charge in [-0.15, -0.1) is 12.4 Å². The maximum Gasteiger partial charge on any atom is 0.0936 e. The number of unbranched alkanes of at least 4 members (excludes halogenated alkanes) is 11. The third-order valence-corrected chi connectivity index (χ3v) is 5.55. The molecule has 2 nitrogen and oxygen atoms in total. The summed E-state index contributed by atoms with van der Waals surface area (Å²) in [4.78, 5) is 2.60. The van der Waals surface area contributed by atoms with Crippen LogP contribution in [-0.2, 0) is 4.74 Å². The van der Waals surface area contributed by atoms with E-state index in [0.717, 1.165) is 19.2 Å². The van der Waals surface area contributed by atoms with E-state index >= 15 is 0 Å². The van der Waals surface area contributed by atoms with Gasteiger partial charge in [-0.25, -0.2) is 0 Å². The highest BCUT2D eigenvalue weighted by molar-refractivity contribution is 5.85. The topological polar surface area (TPSA) is 15.8 Å². The first-order chi connectivity index (χ1) is 11.8. The average Bonchev–Trinajstić information content (AvgIpc) is 3.39. The van der Waals surface area contributed by atoms with Crippen LogP contribution in [0.25, 0.3) is 0 Å². The molecule has 25 heavy (non-hydrogen) atoms. The molecule has 0 aromatic heterocycles. The molecule has 1 aliphatic rings. The van der Waals surface area contributed by atoms with E-state index < -0.39 is 0 Å². The Bertz CT molecular complexity index is 271. The number of nitrogens with zero attached hydrogens (tertiary/aromatic N) is 1. The number of likely N-dealkylation sites (N-methyl/N-ethyl adjacent to an activating group) is 1. The van der Waals surface area contributed by atoms with E-state index in [-0.39, 0.29) is 12.4 Å². The summed E-state index contributed by atoms with van der Waals surface area (Å²) in [6.07, 6.45) is 21.8. The summed E-state index contributed by atoms with van der Waals surface area (Å²) in [6.45, 7) is 6.74. The van der Waals surface area contributed by atoms with Crippen molar-refractivity contribution in [3.63, 3.8) is 0 Å². The second-order valence-electron chi connectivity index (χ2n) is 8.02. The molecule has 0 N–H and O–H groups in total. The number of hydrogen-bond acceptors (Lipinski definition) is 2. The molecule has 0 saturated carbocycles. The molecule has 0 aromatic rings. The number of halogens is 1. The summed E-state index contributed by atoms with van der Waals surface area (Å²) in [5.74, 6) is 0. The number of rotatable bonds is 18. The Kier molecular flexibility index (Phi) is 17.8. The minimum atomic E-state index is 0. The van der Waals surface area contributed by atoms with Crippen LogP contribution in [0.15, 0.2) is 0 Å². The zero-order valence-electron chi connectivity index (χ0n) is 17.4. The zero-order chi connectivity index (χ0) is 17.5. The van der Waals surface area contributed by atoms with Crippen LogP contribution in [0.2, 0.25) is 0 Å². The van der Waals surface area contributed by atoms with Gasteiger partial charge in [0.2, 0.25) is 0 Å². The van der Waals surface area contributed by atoms with Gasteiger partial charge in [0.15, 0.2) is 0 Å². The quantitative estimate of drug-likeness (QED) is 0.189. The molecule has 1 rings (SSSR count). The van der Waals surface area contributed by atoms with Crippen LogP contribution in [0.3, 0.4) is 0 Å². The standard InChI is InChI=1S/C22H45NO.ClH/c1-4-6-8-10-12-14-16-18-21(23(3)19-22-20-24-22)17-15-13-11-9-7-5-2;/h21-22H,4-20H2,1-3H3;1H. The lowest BCUT2D eigenvalue weighted by Gasteiger charge is -2.28. The largest absolute Gasteiger partial charge is 0.372 e. The van der Waals surface area contributed by atoms with E-state index in [1.54, 1.807) is 0 Å². The van der Waals surface area contributed by atoms with Gasteiger partial charge in [-0.1, -0.05) is 97.3 Å². The number of ether oxygens (including phenoxy) is 1. The number of epoxide rings is 1. The summed E-state index contributed by atoms with van der Waals surface area (Å²) < 4.78 is 5.44. The van der Waals surface area contributed by atoms with E-state index in [2.05, 4.69) is 25.8 Å². The fraction of sp³-hybridized carbons (Fsp3) is 1.00. The van der Waals surface area contributed by atoms with Crippen molar-refractivity contribution in [2.24, 2.45) is 0 Å². The second kappa shape index (κ2) is 17.6. The minimum Gasteiger partial charge on any atom is -0.372 e. The predicted octanol–water partition coefficient (Wildman–Crippen LogP) is 7.00. The molecule has 0 amide bonds. The third kappa shape index (κ3) is 15.0. The van der Waals surface area contributed by atoms with Gasteiger partial charge in [-0.2, -0.15) is 0 Å². The van der Waals surface area contributed by atoms with Crippen LogP contribution >= 0.6 is 12.4 Å². The van der Waals surface area contributed by atoms with Crippen molar-refractivity contribution in [3.05, 3.63) is 0 Å². The van der Waals surface area contributed by atoms with E-state index in [4.69, 9.17) is 4.74 Å². The van der Waals surface area contributed by atoms with Crippen molar-refractivity contribution in [2.75, 3.05) is 20.2 Å². The summed E-state index contributed by atoms with van der Waals surface area (Å²) in [5, 5.41) is 0. The van der Waals surface area contributed by atoms with Crippen molar-refractivity contribution >= 4 is 12.4 Å². The first-order valence-electron chi connectivity index (χ1n) is 11.1. The molecule has 152 valence electrons. The lowest BCUT2D eigenvalue weighted by Crippen LogP contribution is -2.34. The predicted molar refractivity (Wildman–Crippen MR) is 114 cm³/mol. The Hall–Kier alpha value is 0.210. The summed E-state index contributed by atoms with van der Waals surface area (Å²) in [5.41, 5.74) is 0. The molecule has 2 unspecified atom stereocenters. The molecule has 1 heterocycles. The van der Waals surface area contributed by atoms with Crippen molar-refractivity contribution in [2.45, 2.75) is 122 Å². The lowest BCUT2D eigenvalue weighted by molar-refractivity contribution is 0.191. The van der Waals surface area contributed by atoms with Crippen LogP contribution in [0.4, 0.5) is 0 Å². The maximum atomic E-state index is 5.44. The molecule has 0 spiro atoms. The summed E-state index contributed by atoms with van der Waals surface area (Å²) >= 11 is 0. The normalized spacial score (nSPS) is 17.5. The average molecular weight is 376 g/mol. The van der Waals surface area contributed by atoms with E-state index in [1.165, 1.54) is 96.3 Å². The summed E-state index contributed by atoms with van der Waals surface area (Å²) in [6, 6.07) is 0.788. The maximum absolute atomic E-state index is 5.44. The molecule has 1 aliphatic heterocycles. The van der Waals surface area contributed by atoms with Crippen LogP contribution in [0.5, 0.6) is 0 Å². The van der Waals surface area contributed by atoms with E-state index in [1.807, 2.05) is 0 Å². The molecule has 0 bridgehead atoms. The van der Waals surface area contributed by atoms with Crippen molar-refractivity contribution < 1.29 is 4.74 Å². The van der Waals surface area contributed by atoms with Crippen molar-refractivity contribution in [1.82, 2.24) is 4.90 Å². The Balaban J connectivity index is 0.00000576. The molecule has 1 saturated heterocycles. The zero-order valence-corrected chi connectivity index (χ0v) is 18.3. The highest BCUT2D eigenvalue weighted by Crippen LogP contribution is 2.20. The molecular weight excluding hydrogens is 330 g/mol. The highest BCUT2D eigenvalue weighted by atomic mass is 35.5. The highest BCUT2D eigenvalue weighted by Gasteiger charge is 2.26. The molecule has 2 atom stereocenters. The van der Waals surface area contributed by atoms with Gasteiger partial charge in [-0.3, -0.25) is 0 Å². The van der Waals surface area contributed by atoms with Gasteiger partial charge >= 0.3 is 0 Å². The van der Waals surface area contributed by atoms with Gasteiger partial charge in [0, 0.05) is 12.6 Å². The Morgan fingerprint density at radius 1 is 0.760 bits per heavy atom. The molecule has 3 heteroatoms. The molecule has 0 aromatic carbocycles. The van der Waals surface area contributed by atoms with E-state index in [9.17, 15) is 0 Å². The second-order valence-corrected chi connectivity index (χ2v) is 8.02. The van der Waals surface area contributed by atoms with Crippen molar-refractivity contribution in [3.8, 4) is 0 Å². The van der Waals surface area contributed by atoms with Crippen LogP contribution < -0.4 is 0 Å². The van der Waals surface area contributed by atoms with E-state index in [0.29, 0.717) is 6.10 Å². The fourth-order valence-electron chi connectivity index (χ4n) is 3.73. The molecule has 0 aliphatic carbocycles. The smallest absolute Gasteiger partial charge is 0.0936 e. The van der Waals surface area contributed by atoms with Crippen LogP contribution in [-0.4, -0.2) is 37.2 Å². The van der Waals surface area contributed by atoms with Crippen LogP contribution in [0.1, 0.15) is 110 Å². The Labute approximate surface area is 164 Å². The molecule has 1 fully saturated rings. The Morgan fingerprint density at radius 3 is 1.56 bits per heavy atom. The minimum absolute atomic E-state index is 0. The first kappa shape index (κ1) is 25.2. The van der Waals surface area contributed by atoms with Crippen molar-refractivity contribution in [1.29, 1.82) is 0 Å². The van der Waals surface area contributed by atoms with Gasteiger partial charge in [-0.05, 0) is 19.9 Å². The van der Waals surface area contributed by atoms with Gasteiger partial charge in [0.05, 0.1) is 12.7 Å². The molecule has 0 radical (unpaired) electrons. The lowest BCUT2D eigenvalue weighted by atomic mass is 9.99. The third-order valence-electron chi connectivity index (χ3n) is 5.55. The Morgan fingerprint density at radius 2 is 1.16 bits per heavy atom. The van der Waals surface area contributed by atoms with Gasteiger partial charge < -0.3 is 9.64 Å². The van der Waals surface area contributed by atoms with Gasteiger partial charge in [0.25, 0.3) is 0 Å². The summed E-state index contributed by atoms with van der Waals surface area (Å²) in [7, 11) is 2.32. The molecular formula is C22H46ClNO.